The Morgan fingerprint density at radius 3 is 3.00 bits per heavy atom. The SMILES string of the molecule is O=C(/C=C/c1ccoc1)NC[C@@H](c1ccsc1)N1CCC1. The number of rotatable bonds is 6. The predicted molar refractivity (Wildman–Crippen MR) is 84.0 cm³/mol. The fourth-order valence-corrected chi connectivity index (χ4v) is 3.08. The van der Waals surface area contributed by atoms with Gasteiger partial charge in [-0.2, -0.15) is 11.3 Å². The standard InChI is InChI=1S/C16H18N2O2S/c19-16(3-2-13-4-8-20-11-13)17-10-15(18-6-1-7-18)14-5-9-21-12-14/h2-5,8-9,11-12,15H,1,6-7,10H2,(H,17,19)/b3-2+/t15-/m0/s1. The number of likely N-dealkylation sites (tertiary alicyclic amines) is 1. The average Bonchev–Trinajstić information content (AvgIpc) is 3.10. The molecule has 1 fully saturated rings. The molecule has 1 aliphatic heterocycles. The van der Waals surface area contributed by atoms with Crippen molar-refractivity contribution in [2.45, 2.75) is 12.5 Å². The first-order chi connectivity index (χ1) is 10.3. The minimum absolute atomic E-state index is 0.0723. The third kappa shape index (κ3) is 3.62. The minimum atomic E-state index is -0.0723. The van der Waals surface area contributed by atoms with E-state index in [1.54, 1.807) is 36.0 Å². The number of carbonyl (C=O) groups is 1. The highest BCUT2D eigenvalue weighted by molar-refractivity contribution is 7.07. The van der Waals surface area contributed by atoms with Crippen LogP contribution in [0.4, 0.5) is 0 Å². The lowest BCUT2D eigenvalue weighted by Crippen LogP contribution is -2.44. The van der Waals surface area contributed by atoms with Gasteiger partial charge in [-0.1, -0.05) is 0 Å². The Hall–Kier alpha value is -1.85. The molecular formula is C16H18N2O2S. The third-order valence-corrected chi connectivity index (χ3v) is 4.40. The van der Waals surface area contributed by atoms with Crippen molar-refractivity contribution in [3.05, 3.63) is 52.6 Å². The zero-order chi connectivity index (χ0) is 14.5. The Kier molecular flexibility index (Phi) is 4.52. The molecule has 1 aliphatic rings. The summed E-state index contributed by atoms with van der Waals surface area (Å²) in [5.74, 6) is -0.0723. The van der Waals surface area contributed by atoms with Gasteiger partial charge in [-0.05, 0) is 41.0 Å². The number of nitrogens with one attached hydrogen (secondary N) is 1. The van der Waals surface area contributed by atoms with Crippen molar-refractivity contribution in [1.29, 1.82) is 0 Å². The maximum absolute atomic E-state index is 11.9. The number of furan rings is 1. The summed E-state index contributed by atoms with van der Waals surface area (Å²) in [6.07, 6.45) is 7.74. The summed E-state index contributed by atoms with van der Waals surface area (Å²) < 4.78 is 4.96. The zero-order valence-electron chi connectivity index (χ0n) is 11.7. The second kappa shape index (κ2) is 6.74. The van der Waals surface area contributed by atoms with E-state index in [0.717, 1.165) is 18.7 Å². The molecule has 2 aromatic rings. The van der Waals surface area contributed by atoms with Crippen LogP contribution in [0.2, 0.25) is 0 Å². The molecular weight excluding hydrogens is 284 g/mol. The van der Waals surface area contributed by atoms with Crippen LogP contribution in [0.3, 0.4) is 0 Å². The average molecular weight is 302 g/mol. The lowest BCUT2D eigenvalue weighted by Gasteiger charge is -2.38. The van der Waals surface area contributed by atoms with Gasteiger partial charge in [0.25, 0.3) is 0 Å². The Morgan fingerprint density at radius 1 is 1.48 bits per heavy atom. The molecule has 1 N–H and O–H groups in total. The Labute approximate surface area is 128 Å². The molecule has 0 spiro atoms. The van der Waals surface area contributed by atoms with Gasteiger partial charge in [-0.25, -0.2) is 0 Å². The number of thiophene rings is 1. The molecule has 1 atom stereocenters. The van der Waals surface area contributed by atoms with Crippen molar-refractivity contribution in [3.8, 4) is 0 Å². The van der Waals surface area contributed by atoms with Crippen molar-refractivity contribution in [3.63, 3.8) is 0 Å². The normalized spacial score (nSPS) is 16.8. The Morgan fingerprint density at radius 2 is 2.38 bits per heavy atom. The van der Waals surface area contributed by atoms with Crippen LogP contribution in [0.1, 0.15) is 23.6 Å². The first-order valence-corrected chi connectivity index (χ1v) is 8.01. The largest absolute Gasteiger partial charge is 0.472 e. The van der Waals surface area contributed by atoms with E-state index in [1.165, 1.54) is 12.0 Å². The van der Waals surface area contributed by atoms with Gasteiger partial charge in [0.2, 0.25) is 5.91 Å². The van der Waals surface area contributed by atoms with Crippen LogP contribution in [-0.2, 0) is 4.79 Å². The molecule has 0 radical (unpaired) electrons. The molecule has 0 bridgehead atoms. The van der Waals surface area contributed by atoms with Crippen molar-refractivity contribution >= 4 is 23.3 Å². The molecule has 4 nitrogen and oxygen atoms in total. The highest BCUT2D eigenvalue weighted by Gasteiger charge is 2.25. The Bertz CT molecular complexity index is 586. The van der Waals surface area contributed by atoms with Crippen LogP contribution in [0.5, 0.6) is 0 Å². The maximum Gasteiger partial charge on any atom is 0.244 e. The number of carbonyl (C=O) groups excluding carboxylic acids is 1. The predicted octanol–water partition coefficient (Wildman–Crippen LogP) is 2.92. The summed E-state index contributed by atoms with van der Waals surface area (Å²) in [4.78, 5) is 14.3. The summed E-state index contributed by atoms with van der Waals surface area (Å²) in [5, 5.41) is 7.24. The first-order valence-electron chi connectivity index (χ1n) is 7.07. The summed E-state index contributed by atoms with van der Waals surface area (Å²) >= 11 is 1.70. The number of hydrogen-bond acceptors (Lipinski definition) is 4. The van der Waals surface area contributed by atoms with Gasteiger partial charge in [-0.3, -0.25) is 9.69 Å². The fraction of sp³-hybridized carbons (Fsp3) is 0.312. The van der Waals surface area contributed by atoms with Gasteiger partial charge in [0.1, 0.15) is 0 Å². The number of amides is 1. The molecule has 0 saturated carbocycles. The molecule has 3 heterocycles. The maximum atomic E-state index is 11.9. The van der Waals surface area contributed by atoms with E-state index in [-0.39, 0.29) is 11.9 Å². The minimum Gasteiger partial charge on any atom is -0.472 e. The zero-order valence-corrected chi connectivity index (χ0v) is 12.5. The van der Waals surface area contributed by atoms with Crippen molar-refractivity contribution in [2.75, 3.05) is 19.6 Å². The number of nitrogens with zero attached hydrogens (tertiary/aromatic N) is 1. The smallest absolute Gasteiger partial charge is 0.244 e. The molecule has 0 unspecified atom stereocenters. The highest BCUT2D eigenvalue weighted by Crippen LogP contribution is 2.26. The van der Waals surface area contributed by atoms with Gasteiger partial charge in [0.15, 0.2) is 0 Å². The van der Waals surface area contributed by atoms with E-state index >= 15 is 0 Å². The quantitative estimate of drug-likeness (QED) is 0.835. The van der Waals surface area contributed by atoms with Crippen molar-refractivity contribution in [1.82, 2.24) is 10.2 Å². The van der Waals surface area contributed by atoms with E-state index in [4.69, 9.17) is 4.42 Å². The third-order valence-electron chi connectivity index (χ3n) is 3.70. The van der Waals surface area contributed by atoms with Gasteiger partial charge in [0, 0.05) is 31.3 Å². The second-order valence-electron chi connectivity index (χ2n) is 5.10. The summed E-state index contributed by atoms with van der Waals surface area (Å²) in [6.45, 7) is 2.87. The molecule has 1 saturated heterocycles. The summed E-state index contributed by atoms with van der Waals surface area (Å²) in [7, 11) is 0. The van der Waals surface area contributed by atoms with E-state index in [1.807, 2.05) is 6.07 Å². The van der Waals surface area contributed by atoms with Crippen LogP contribution in [0.15, 0.2) is 45.9 Å². The molecule has 0 aliphatic carbocycles. The fourth-order valence-electron chi connectivity index (χ4n) is 2.37. The summed E-state index contributed by atoms with van der Waals surface area (Å²) in [5.41, 5.74) is 2.18. The van der Waals surface area contributed by atoms with Crippen LogP contribution >= 0.6 is 11.3 Å². The van der Waals surface area contributed by atoms with Gasteiger partial charge >= 0.3 is 0 Å². The van der Waals surface area contributed by atoms with E-state index in [2.05, 4.69) is 27.0 Å². The van der Waals surface area contributed by atoms with Crippen molar-refractivity contribution in [2.24, 2.45) is 0 Å². The van der Waals surface area contributed by atoms with Crippen molar-refractivity contribution < 1.29 is 9.21 Å². The van der Waals surface area contributed by atoms with Gasteiger partial charge < -0.3 is 9.73 Å². The number of hydrogen-bond donors (Lipinski definition) is 1. The second-order valence-corrected chi connectivity index (χ2v) is 5.88. The molecule has 110 valence electrons. The van der Waals surface area contributed by atoms with Crippen LogP contribution in [-0.4, -0.2) is 30.4 Å². The summed E-state index contributed by atoms with van der Waals surface area (Å²) in [6, 6.07) is 4.25. The molecule has 2 aromatic heterocycles. The first kappa shape index (κ1) is 14.1. The molecule has 21 heavy (non-hydrogen) atoms. The van der Waals surface area contributed by atoms with E-state index < -0.39 is 0 Å². The highest BCUT2D eigenvalue weighted by atomic mass is 32.1. The Balaban J connectivity index is 1.55. The van der Waals surface area contributed by atoms with Crippen LogP contribution in [0, 0.1) is 0 Å². The molecule has 3 rings (SSSR count). The van der Waals surface area contributed by atoms with Crippen LogP contribution in [0.25, 0.3) is 6.08 Å². The molecule has 5 heteroatoms. The topological polar surface area (TPSA) is 45.5 Å². The lowest BCUT2D eigenvalue weighted by atomic mass is 10.0. The van der Waals surface area contributed by atoms with E-state index in [0.29, 0.717) is 6.54 Å². The van der Waals surface area contributed by atoms with Crippen LogP contribution < -0.4 is 5.32 Å². The van der Waals surface area contributed by atoms with Gasteiger partial charge in [0.05, 0.1) is 18.6 Å². The molecule has 0 aromatic carbocycles. The lowest BCUT2D eigenvalue weighted by molar-refractivity contribution is -0.116. The molecule has 1 amide bonds. The monoisotopic (exact) mass is 302 g/mol. The van der Waals surface area contributed by atoms with E-state index in [9.17, 15) is 4.79 Å². The van der Waals surface area contributed by atoms with Gasteiger partial charge in [-0.15, -0.1) is 0 Å².